The van der Waals surface area contributed by atoms with Crippen molar-refractivity contribution >= 4 is 27.5 Å². The highest BCUT2D eigenvalue weighted by Gasteiger charge is 2.23. The van der Waals surface area contributed by atoms with Crippen molar-refractivity contribution in [2.45, 2.75) is 39.3 Å². The topological polar surface area (TPSA) is 55.2 Å². The first-order valence-electron chi connectivity index (χ1n) is 9.30. The summed E-state index contributed by atoms with van der Waals surface area (Å²) in [6, 6.07) is 9.84. The fourth-order valence-electron chi connectivity index (χ4n) is 3.69. The third-order valence-electron chi connectivity index (χ3n) is 5.28. The molecule has 140 valence electrons. The van der Waals surface area contributed by atoms with Gasteiger partial charge >= 0.3 is 0 Å². The molecule has 0 saturated carbocycles. The zero-order chi connectivity index (χ0) is 19.0. The molecular weight excluding hydrogens is 358 g/mol. The maximum atomic E-state index is 13.0. The van der Waals surface area contributed by atoms with Crippen molar-refractivity contribution in [3.63, 3.8) is 0 Å². The number of hydrogen-bond donors (Lipinski definition) is 0. The molecule has 0 radical (unpaired) electrons. The number of rotatable bonds is 4. The lowest BCUT2D eigenvalue weighted by molar-refractivity contribution is -0.131. The van der Waals surface area contributed by atoms with Gasteiger partial charge in [0.05, 0.1) is 11.7 Å². The smallest absolute Gasteiger partial charge is 0.262 e. The Balaban J connectivity index is 1.58. The number of likely N-dealkylation sites (N-methyl/N-ethyl adjacent to an activating group) is 1. The van der Waals surface area contributed by atoms with Crippen LogP contribution in [0.15, 0.2) is 41.5 Å². The molecule has 0 unspecified atom stereocenters. The van der Waals surface area contributed by atoms with E-state index in [0.29, 0.717) is 12.5 Å². The number of carbonyl (C=O) groups excluding carboxylic acids is 1. The van der Waals surface area contributed by atoms with Gasteiger partial charge in [-0.3, -0.25) is 14.2 Å². The number of fused-ring (bicyclic) bond motifs is 3. The van der Waals surface area contributed by atoms with E-state index in [1.54, 1.807) is 23.3 Å². The number of aryl methyl sites for hydroxylation is 1. The van der Waals surface area contributed by atoms with Crippen LogP contribution in [0.5, 0.6) is 0 Å². The lowest BCUT2D eigenvalue weighted by Gasteiger charge is -2.18. The van der Waals surface area contributed by atoms with Crippen molar-refractivity contribution in [2.24, 2.45) is 5.92 Å². The van der Waals surface area contributed by atoms with Crippen molar-refractivity contribution < 1.29 is 4.79 Å². The van der Waals surface area contributed by atoms with Gasteiger partial charge in [0.25, 0.3) is 5.56 Å². The van der Waals surface area contributed by atoms with Gasteiger partial charge in [0.15, 0.2) is 0 Å². The Kier molecular flexibility index (Phi) is 4.83. The first kappa shape index (κ1) is 17.9. The summed E-state index contributed by atoms with van der Waals surface area (Å²) in [7, 11) is 1.76. The summed E-state index contributed by atoms with van der Waals surface area (Å²) < 4.78 is 1.46. The molecule has 1 aliphatic carbocycles. The van der Waals surface area contributed by atoms with Crippen molar-refractivity contribution in [1.29, 1.82) is 0 Å². The van der Waals surface area contributed by atoms with Gasteiger partial charge in [0.2, 0.25) is 5.91 Å². The van der Waals surface area contributed by atoms with Crippen LogP contribution >= 0.6 is 11.3 Å². The third-order valence-corrected chi connectivity index (χ3v) is 6.44. The molecule has 2 heterocycles. The highest BCUT2D eigenvalue weighted by Crippen LogP contribution is 2.35. The molecule has 0 aliphatic heterocycles. The van der Waals surface area contributed by atoms with Gasteiger partial charge in [0.1, 0.15) is 11.4 Å². The first-order valence-corrected chi connectivity index (χ1v) is 10.1. The van der Waals surface area contributed by atoms with E-state index in [4.69, 9.17) is 0 Å². The van der Waals surface area contributed by atoms with Crippen LogP contribution in [0.3, 0.4) is 0 Å². The zero-order valence-electron chi connectivity index (χ0n) is 15.6. The Morgan fingerprint density at radius 1 is 1.33 bits per heavy atom. The largest absolute Gasteiger partial charge is 0.340 e. The minimum Gasteiger partial charge on any atom is -0.340 e. The molecule has 0 spiro atoms. The summed E-state index contributed by atoms with van der Waals surface area (Å²) >= 11 is 1.63. The highest BCUT2D eigenvalue weighted by molar-refractivity contribution is 7.18. The summed E-state index contributed by atoms with van der Waals surface area (Å²) in [5.41, 5.74) is 2.13. The molecule has 27 heavy (non-hydrogen) atoms. The summed E-state index contributed by atoms with van der Waals surface area (Å²) in [6.07, 6.45) is 4.57. The number of amides is 1. The Labute approximate surface area is 162 Å². The molecule has 6 heteroatoms. The van der Waals surface area contributed by atoms with Crippen molar-refractivity contribution in [2.75, 3.05) is 7.05 Å². The van der Waals surface area contributed by atoms with Crippen LogP contribution in [0, 0.1) is 5.92 Å². The molecule has 1 amide bonds. The number of nitrogens with zero attached hydrogens (tertiary/aromatic N) is 3. The number of hydrogen-bond acceptors (Lipinski definition) is 4. The Bertz CT molecular complexity index is 1040. The van der Waals surface area contributed by atoms with Crippen LogP contribution in [-0.4, -0.2) is 27.4 Å². The Morgan fingerprint density at radius 3 is 2.89 bits per heavy atom. The Hall–Kier alpha value is -2.47. The lowest BCUT2D eigenvalue weighted by atomic mass is 9.89. The monoisotopic (exact) mass is 381 g/mol. The second-order valence-corrected chi connectivity index (χ2v) is 8.53. The van der Waals surface area contributed by atoms with Crippen LogP contribution < -0.4 is 5.56 Å². The molecule has 1 atom stereocenters. The average molecular weight is 382 g/mol. The highest BCUT2D eigenvalue weighted by atomic mass is 32.1. The maximum Gasteiger partial charge on any atom is 0.262 e. The standard InChI is InChI=1S/C21H23N3O2S/c1-14-8-9-16-17(10-14)27-20-19(16)21(26)24(13-22-20)12-18(25)23(2)11-15-6-4-3-5-7-15/h3-7,13-14H,8-12H2,1-2H3/t14-/m1/s1. The lowest BCUT2D eigenvalue weighted by Crippen LogP contribution is -2.33. The molecule has 1 aliphatic rings. The number of thiophene rings is 1. The van der Waals surface area contributed by atoms with Gasteiger partial charge in [-0.1, -0.05) is 37.3 Å². The van der Waals surface area contributed by atoms with E-state index in [1.165, 1.54) is 15.8 Å². The number of aromatic nitrogens is 2. The van der Waals surface area contributed by atoms with E-state index in [0.717, 1.165) is 40.6 Å². The number of carbonyl (C=O) groups is 1. The molecule has 4 rings (SSSR count). The molecule has 0 saturated heterocycles. The summed E-state index contributed by atoms with van der Waals surface area (Å²) in [4.78, 5) is 33.9. The fraction of sp³-hybridized carbons (Fsp3) is 0.381. The molecule has 3 aromatic rings. The van der Waals surface area contributed by atoms with E-state index >= 15 is 0 Å². The van der Waals surface area contributed by atoms with E-state index in [-0.39, 0.29) is 18.0 Å². The fourth-order valence-corrected chi connectivity index (χ4v) is 5.03. The first-order chi connectivity index (χ1) is 13.0. The van der Waals surface area contributed by atoms with Gasteiger partial charge < -0.3 is 4.90 Å². The molecule has 0 fully saturated rings. The molecule has 1 aromatic carbocycles. The van der Waals surface area contributed by atoms with Gasteiger partial charge in [0, 0.05) is 18.5 Å². The number of benzene rings is 1. The van der Waals surface area contributed by atoms with Gasteiger partial charge in [-0.2, -0.15) is 0 Å². The van der Waals surface area contributed by atoms with E-state index in [1.807, 2.05) is 30.3 Å². The molecule has 0 bridgehead atoms. The SMILES string of the molecule is C[C@@H]1CCc2c(sc3ncn(CC(=O)N(C)Cc4ccccc4)c(=O)c23)C1. The predicted octanol–water partition coefficient (Wildman–Crippen LogP) is 3.24. The maximum absolute atomic E-state index is 13.0. The predicted molar refractivity (Wildman–Crippen MR) is 108 cm³/mol. The summed E-state index contributed by atoms with van der Waals surface area (Å²) in [5, 5.41) is 0.725. The van der Waals surface area contributed by atoms with Gasteiger partial charge in [-0.15, -0.1) is 11.3 Å². The van der Waals surface area contributed by atoms with Crippen molar-refractivity contribution in [3.05, 3.63) is 63.0 Å². The average Bonchev–Trinajstić information content (AvgIpc) is 3.02. The molecule has 5 nitrogen and oxygen atoms in total. The second kappa shape index (κ2) is 7.27. The minimum absolute atomic E-state index is 0.0200. The van der Waals surface area contributed by atoms with Crippen LogP contribution in [0.2, 0.25) is 0 Å². The van der Waals surface area contributed by atoms with E-state index in [2.05, 4.69) is 11.9 Å². The third kappa shape index (κ3) is 3.54. The van der Waals surface area contributed by atoms with Gasteiger partial charge in [-0.05, 0) is 36.3 Å². The van der Waals surface area contributed by atoms with Crippen LogP contribution in [0.4, 0.5) is 0 Å². The molecule has 2 aromatic heterocycles. The summed E-state index contributed by atoms with van der Waals surface area (Å²) in [5.74, 6) is 0.556. The van der Waals surface area contributed by atoms with Crippen LogP contribution in [0.1, 0.15) is 29.3 Å². The van der Waals surface area contributed by atoms with E-state index < -0.39 is 0 Å². The van der Waals surface area contributed by atoms with E-state index in [9.17, 15) is 9.59 Å². The molecular formula is C21H23N3O2S. The zero-order valence-corrected chi connectivity index (χ0v) is 16.5. The Morgan fingerprint density at radius 2 is 2.11 bits per heavy atom. The van der Waals surface area contributed by atoms with Crippen LogP contribution in [-0.2, 0) is 30.7 Å². The summed E-state index contributed by atoms with van der Waals surface area (Å²) in [6.45, 7) is 2.79. The minimum atomic E-state index is -0.0974. The van der Waals surface area contributed by atoms with Crippen molar-refractivity contribution in [1.82, 2.24) is 14.5 Å². The quantitative estimate of drug-likeness (QED) is 0.697. The van der Waals surface area contributed by atoms with Crippen molar-refractivity contribution in [3.8, 4) is 0 Å². The van der Waals surface area contributed by atoms with Crippen LogP contribution in [0.25, 0.3) is 10.2 Å². The second-order valence-electron chi connectivity index (χ2n) is 7.44. The molecule has 0 N–H and O–H groups in total. The normalized spacial score (nSPS) is 16.3. The van der Waals surface area contributed by atoms with Gasteiger partial charge in [-0.25, -0.2) is 4.98 Å².